The van der Waals surface area contributed by atoms with E-state index >= 15 is 0 Å². The van der Waals surface area contributed by atoms with Crippen LogP contribution in [0.4, 0.5) is 4.39 Å². The van der Waals surface area contributed by atoms with Gasteiger partial charge in [0.15, 0.2) is 11.2 Å². The van der Waals surface area contributed by atoms with Crippen LogP contribution in [0.5, 0.6) is 0 Å². The average molecular weight is 335 g/mol. The number of nitrogens with zero attached hydrogens (tertiary/aromatic N) is 5. The molecule has 2 aromatic heterocycles. The Bertz CT molecular complexity index is 1130. The molecule has 124 valence electrons. The van der Waals surface area contributed by atoms with Gasteiger partial charge in [-0.15, -0.1) is 5.10 Å². The lowest BCUT2D eigenvalue weighted by Gasteiger charge is -2.06. The Kier molecular flexibility index (Phi) is 3.61. The van der Waals surface area contributed by atoms with E-state index in [4.69, 9.17) is 0 Å². The van der Waals surface area contributed by atoms with E-state index in [1.54, 1.807) is 18.2 Å². The van der Waals surface area contributed by atoms with Gasteiger partial charge in [0.25, 0.3) is 5.56 Å². The molecule has 0 radical (unpaired) electrons. The molecule has 0 unspecified atom stereocenters. The quantitative estimate of drug-likeness (QED) is 0.577. The van der Waals surface area contributed by atoms with Gasteiger partial charge >= 0.3 is 0 Å². The summed E-state index contributed by atoms with van der Waals surface area (Å²) in [5, 5.41) is 8.02. The van der Waals surface area contributed by atoms with Crippen LogP contribution >= 0.6 is 0 Å². The van der Waals surface area contributed by atoms with Crippen LogP contribution in [0.25, 0.3) is 16.9 Å². The third kappa shape index (κ3) is 2.69. The maximum absolute atomic E-state index is 13.8. The zero-order valence-corrected chi connectivity index (χ0v) is 13.4. The van der Waals surface area contributed by atoms with Gasteiger partial charge in [-0.25, -0.2) is 9.37 Å². The minimum atomic E-state index is -0.363. The van der Waals surface area contributed by atoms with Crippen molar-refractivity contribution in [3.8, 4) is 5.69 Å². The highest BCUT2D eigenvalue weighted by atomic mass is 19.1. The molecule has 7 heteroatoms. The Labute approximate surface area is 142 Å². The molecule has 0 saturated carbocycles. The Hall–Kier alpha value is -3.35. The van der Waals surface area contributed by atoms with Gasteiger partial charge < -0.3 is 0 Å². The van der Waals surface area contributed by atoms with Gasteiger partial charge in [-0.1, -0.05) is 35.5 Å². The summed E-state index contributed by atoms with van der Waals surface area (Å²) in [5.41, 5.74) is 2.43. The summed E-state index contributed by atoms with van der Waals surface area (Å²) in [5.74, 6) is -0.363. The molecule has 2 heterocycles. The van der Waals surface area contributed by atoms with E-state index in [1.807, 2.05) is 31.2 Å². The number of hydrogen-bond acceptors (Lipinski definition) is 4. The van der Waals surface area contributed by atoms with Crippen molar-refractivity contribution in [3.05, 3.63) is 82.2 Å². The first-order chi connectivity index (χ1) is 12.1. The zero-order chi connectivity index (χ0) is 17.4. The maximum atomic E-state index is 13.8. The third-order valence-electron chi connectivity index (χ3n) is 3.97. The summed E-state index contributed by atoms with van der Waals surface area (Å²) in [6.07, 6.45) is 1.40. The number of aromatic nitrogens is 5. The van der Waals surface area contributed by atoms with Crippen LogP contribution in [-0.2, 0) is 6.54 Å². The second kappa shape index (κ2) is 5.94. The van der Waals surface area contributed by atoms with E-state index in [0.29, 0.717) is 11.2 Å². The average Bonchev–Trinajstić information content (AvgIpc) is 3.04. The second-order valence-electron chi connectivity index (χ2n) is 5.78. The summed E-state index contributed by atoms with van der Waals surface area (Å²) in [6, 6.07) is 14.0. The fraction of sp³-hybridized carbons (Fsp3) is 0.111. The molecule has 0 aliphatic heterocycles. The van der Waals surface area contributed by atoms with Gasteiger partial charge in [0.05, 0.1) is 12.2 Å². The first-order valence-electron chi connectivity index (χ1n) is 7.75. The Morgan fingerprint density at radius 1 is 1.12 bits per heavy atom. The second-order valence-corrected chi connectivity index (χ2v) is 5.78. The van der Waals surface area contributed by atoms with Crippen LogP contribution in [0.3, 0.4) is 0 Å². The normalized spacial score (nSPS) is 11.1. The summed E-state index contributed by atoms with van der Waals surface area (Å²) in [4.78, 5) is 17.0. The molecular formula is C18H14FN5O. The van der Waals surface area contributed by atoms with E-state index in [1.165, 1.54) is 21.6 Å². The van der Waals surface area contributed by atoms with Crippen molar-refractivity contribution < 1.29 is 4.39 Å². The van der Waals surface area contributed by atoms with Crippen molar-refractivity contribution in [2.45, 2.75) is 13.5 Å². The predicted octanol–water partition coefficient (Wildman–Crippen LogP) is 2.47. The number of halogens is 1. The van der Waals surface area contributed by atoms with Crippen molar-refractivity contribution in [2.24, 2.45) is 0 Å². The molecule has 4 rings (SSSR count). The van der Waals surface area contributed by atoms with Gasteiger partial charge in [-0.2, -0.15) is 4.68 Å². The van der Waals surface area contributed by atoms with Gasteiger partial charge in [0.1, 0.15) is 12.1 Å². The van der Waals surface area contributed by atoms with E-state index in [2.05, 4.69) is 15.3 Å². The minimum absolute atomic E-state index is 0.0890. The third-order valence-corrected chi connectivity index (χ3v) is 3.97. The van der Waals surface area contributed by atoms with E-state index in [9.17, 15) is 9.18 Å². The summed E-state index contributed by atoms with van der Waals surface area (Å²) >= 11 is 0. The van der Waals surface area contributed by atoms with E-state index in [-0.39, 0.29) is 23.4 Å². The highest BCUT2D eigenvalue weighted by molar-refractivity contribution is 5.70. The molecule has 0 aliphatic carbocycles. The topological polar surface area (TPSA) is 65.6 Å². The Balaban J connectivity index is 1.80. The summed E-state index contributed by atoms with van der Waals surface area (Å²) in [7, 11) is 0. The van der Waals surface area contributed by atoms with Crippen LogP contribution in [-0.4, -0.2) is 24.5 Å². The largest absolute Gasteiger partial charge is 0.293 e. The molecule has 0 fully saturated rings. The zero-order valence-electron chi connectivity index (χ0n) is 13.4. The fourth-order valence-corrected chi connectivity index (χ4v) is 2.70. The predicted molar refractivity (Wildman–Crippen MR) is 91.2 cm³/mol. The lowest BCUT2D eigenvalue weighted by atomic mass is 10.2. The molecule has 0 aliphatic rings. The highest BCUT2D eigenvalue weighted by Crippen LogP contribution is 2.14. The Morgan fingerprint density at radius 3 is 2.76 bits per heavy atom. The van der Waals surface area contributed by atoms with Gasteiger partial charge in [-0.3, -0.25) is 9.36 Å². The molecule has 0 saturated heterocycles. The van der Waals surface area contributed by atoms with Crippen LogP contribution < -0.4 is 5.56 Å². The van der Waals surface area contributed by atoms with Gasteiger partial charge in [0, 0.05) is 5.56 Å². The van der Waals surface area contributed by atoms with Crippen LogP contribution in [0.1, 0.15) is 11.1 Å². The molecule has 25 heavy (non-hydrogen) atoms. The van der Waals surface area contributed by atoms with Gasteiger partial charge in [0.2, 0.25) is 0 Å². The molecule has 6 nitrogen and oxygen atoms in total. The number of aryl methyl sites for hydroxylation is 1. The SMILES string of the molecule is Cc1cccc(-n2nnc3c(=O)n(Cc4ccccc4F)cnc32)c1. The lowest BCUT2D eigenvalue weighted by molar-refractivity contribution is 0.595. The number of rotatable bonds is 3. The van der Waals surface area contributed by atoms with E-state index in [0.717, 1.165) is 11.3 Å². The molecule has 4 aromatic rings. The number of benzene rings is 2. The molecule has 0 spiro atoms. The smallest absolute Gasteiger partial charge is 0.283 e. The maximum Gasteiger partial charge on any atom is 0.283 e. The fourth-order valence-electron chi connectivity index (χ4n) is 2.70. The molecular weight excluding hydrogens is 321 g/mol. The molecule has 0 bridgehead atoms. The highest BCUT2D eigenvalue weighted by Gasteiger charge is 2.14. The Morgan fingerprint density at radius 2 is 1.96 bits per heavy atom. The first-order valence-corrected chi connectivity index (χ1v) is 7.75. The van der Waals surface area contributed by atoms with Crippen molar-refractivity contribution >= 4 is 11.2 Å². The molecule has 0 N–H and O–H groups in total. The van der Waals surface area contributed by atoms with E-state index < -0.39 is 0 Å². The first kappa shape index (κ1) is 15.2. The summed E-state index contributed by atoms with van der Waals surface area (Å²) < 4.78 is 16.7. The van der Waals surface area contributed by atoms with Gasteiger partial charge in [-0.05, 0) is 30.7 Å². The number of fused-ring (bicyclic) bond motifs is 1. The minimum Gasteiger partial charge on any atom is -0.293 e. The van der Waals surface area contributed by atoms with Crippen LogP contribution in [0.15, 0.2) is 59.7 Å². The monoisotopic (exact) mass is 335 g/mol. The molecule has 0 amide bonds. The molecule has 0 atom stereocenters. The van der Waals surface area contributed by atoms with Crippen molar-refractivity contribution in [2.75, 3.05) is 0 Å². The lowest BCUT2D eigenvalue weighted by Crippen LogP contribution is -2.22. The van der Waals surface area contributed by atoms with Crippen molar-refractivity contribution in [3.63, 3.8) is 0 Å². The van der Waals surface area contributed by atoms with Crippen LogP contribution in [0.2, 0.25) is 0 Å². The summed E-state index contributed by atoms with van der Waals surface area (Å²) in [6.45, 7) is 2.06. The van der Waals surface area contributed by atoms with Crippen molar-refractivity contribution in [1.82, 2.24) is 24.5 Å². The van der Waals surface area contributed by atoms with Crippen LogP contribution in [0, 0.1) is 12.7 Å². The standard InChI is InChI=1S/C18H14FN5O/c1-12-5-4-7-14(9-12)24-17-16(21-22-24)18(25)23(11-20-17)10-13-6-2-3-8-15(13)19/h2-9,11H,10H2,1H3. The van der Waals surface area contributed by atoms with Crippen molar-refractivity contribution in [1.29, 1.82) is 0 Å². The number of hydrogen-bond donors (Lipinski definition) is 0. The molecule has 2 aromatic carbocycles.